The molecule has 0 amide bonds. The first-order valence-electron chi connectivity index (χ1n) is 6.24. The lowest BCUT2D eigenvalue weighted by Crippen LogP contribution is -2.43. The Hall–Kier alpha value is -0.870. The quantitative estimate of drug-likeness (QED) is 0.857. The van der Waals surface area contributed by atoms with Gasteiger partial charge in [-0.1, -0.05) is 0 Å². The molecule has 1 aromatic rings. The lowest BCUT2D eigenvalue weighted by molar-refractivity contribution is 0.354. The van der Waals surface area contributed by atoms with Gasteiger partial charge >= 0.3 is 0 Å². The third-order valence-electron chi connectivity index (χ3n) is 3.32. The van der Waals surface area contributed by atoms with Crippen LogP contribution in [0.5, 0.6) is 11.5 Å². The lowest BCUT2D eigenvalue weighted by atomic mass is 10.1. The van der Waals surface area contributed by atoms with Crippen LogP contribution < -0.4 is 14.8 Å². The number of hydrogen-bond acceptors (Lipinski definition) is 4. The first-order chi connectivity index (χ1) is 8.74. The molecule has 0 atom stereocenters. The zero-order valence-corrected chi connectivity index (χ0v) is 12.1. The number of methoxy groups -OCH3 is 2. The second-order valence-corrected chi connectivity index (χ2v) is 5.70. The van der Waals surface area contributed by atoms with Gasteiger partial charge in [-0.2, -0.15) is 11.8 Å². The predicted molar refractivity (Wildman–Crippen MR) is 76.8 cm³/mol. The number of ether oxygens (including phenoxy) is 2. The lowest BCUT2D eigenvalue weighted by Gasteiger charge is -2.26. The van der Waals surface area contributed by atoms with Crippen LogP contribution in [0.2, 0.25) is 0 Å². The van der Waals surface area contributed by atoms with Crippen LogP contribution in [0.25, 0.3) is 0 Å². The molecule has 0 radical (unpaired) electrons. The van der Waals surface area contributed by atoms with Gasteiger partial charge in [-0.25, -0.2) is 0 Å². The van der Waals surface area contributed by atoms with Crippen molar-refractivity contribution < 1.29 is 9.47 Å². The molecular weight excluding hydrogens is 246 g/mol. The van der Waals surface area contributed by atoms with Crippen LogP contribution >= 0.6 is 11.8 Å². The summed E-state index contributed by atoms with van der Waals surface area (Å²) < 4.78 is 10.6. The largest absolute Gasteiger partial charge is 0.493 e. The van der Waals surface area contributed by atoms with E-state index in [0.29, 0.717) is 0 Å². The first kappa shape index (κ1) is 13.6. The van der Waals surface area contributed by atoms with E-state index in [9.17, 15) is 0 Å². The monoisotopic (exact) mass is 267 g/mol. The molecule has 1 fully saturated rings. The van der Waals surface area contributed by atoms with E-state index < -0.39 is 0 Å². The summed E-state index contributed by atoms with van der Waals surface area (Å²) >= 11 is 2.00. The van der Waals surface area contributed by atoms with Crippen molar-refractivity contribution in [2.75, 3.05) is 33.1 Å². The molecule has 1 saturated heterocycles. The van der Waals surface area contributed by atoms with E-state index in [1.165, 1.54) is 30.0 Å². The number of thioether (sulfide) groups is 1. The molecule has 1 aliphatic heterocycles. The summed E-state index contributed by atoms with van der Waals surface area (Å²) in [6, 6.07) is 4.15. The van der Waals surface area contributed by atoms with Gasteiger partial charge in [-0.15, -0.1) is 0 Å². The summed E-state index contributed by atoms with van der Waals surface area (Å²) in [5.74, 6) is 4.77. The third kappa shape index (κ3) is 3.12. The maximum Gasteiger partial charge on any atom is 0.161 e. The number of benzene rings is 1. The fourth-order valence-corrected chi connectivity index (χ4v) is 3.20. The molecule has 0 spiro atoms. The van der Waals surface area contributed by atoms with Gasteiger partial charge in [0.25, 0.3) is 0 Å². The SMILES string of the molecule is COc1cc(C)c(CSCC2CNC2)cc1OC. The molecule has 0 saturated carbocycles. The maximum absolute atomic E-state index is 5.35. The molecule has 4 heteroatoms. The summed E-state index contributed by atoms with van der Waals surface area (Å²) in [6.07, 6.45) is 0. The molecule has 0 unspecified atom stereocenters. The molecule has 0 aromatic heterocycles. The topological polar surface area (TPSA) is 30.5 Å². The number of nitrogens with one attached hydrogen (secondary N) is 1. The van der Waals surface area contributed by atoms with E-state index in [-0.39, 0.29) is 0 Å². The Morgan fingerprint density at radius 1 is 1.22 bits per heavy atom. The number of aryl methyl sites for hydroxylation is 1. The summed E-state index contributed by atoms with van der Waals surface area (Å²) in [4.78, 5) is 0. The number of hydrogen-bond donors (Lipinski definition) is 1. The van der Waals surface area contributed by atoms with Crippen molar-refractivity contribution in [2.45, 2.75) is 12.7 Å². The van der Waals surface area contributed by atoms with Gasteiger partial charge in [0.1, 0.15) is 0 Å². The van der Waals surface area contributed by atoms with Crippen LogP contribution in [0.3, 0.4) is 0 Å². The van der Waals surface area contributed by atoms with Gasteiger partial charge < -0.3 is 14.8 Å². The van der Waals surface area contributed by atoms with E-state index in [2.05, 4.69) is 24.4 Å². The minimum absolute atomic E-state index is 0.812. The summed E-state index contributed by atoms with van der Waals surface area (Å²) in [7, 11) is 3.36. The third-order valence-corrected chi connectivity index (χ3v) is 4.54. The van der Waals surface area contributed by atoms with Gasteiger partial charge in [-0.05, 0) is 54.9 Å². The highest BCUT2D eigenvalue weighted by Gasteiger charge is 2.16. The van der Waals surface area contributed by atoms with Gasteiger partial charge in [0.2, 0.25) is 0 Å². The Kier molecular flexibility index (Phi) is 4.78. The van der Waals surface area contributed by atoms with E-state index in [1.54, 1.807) is 14.2 Å². The molecule has 0 bridgehead atoms. The van der Waals surface area contributed by atoms with Gasteiger partial charge in [0, 0.05) is 5.75 Å². The van der Waals surface area contributed by atoms with E-state index in [1.807, 2.05) is 11.8 Å². The normalized spacial score (nSPS) is 15.3. The highest BCUT2D eigenvalue weighted by Crippen LogP contribution is 2.32. The molecule has 1 aromatic carbocycles. The minimum Gasteiger partial charge on any atom is -0.493 e. The summed E-state index contributed by atoms with van der Waals surface area (Å²) in [5.41, 5.74) is 2.61. The smallest absolute Gasteiger partial charge is 0.161 e. The van der Waals surface area contributed by atoms with Crippen molar-refractivity contribution in [2.24, 2.45) is 5.92 Å². The minimum atomic E-state index is 0.812. The highest BCUT2D eigenvalue weighted by molar-refractivity contribution is 7.98. The summed E-state index contributed by atoms with van der Waals surface area (Å²) in [6.45, 7) is 4.48. The zero-order valence-electron chi connectivity index (χ0n) is 11.3. The fourth-order valence-electron chi connectivity index (χ4n) is 1.98. The van der Waals surface area contributed by atoms with Crippen molar-refractivity contribution in [1.29, 1.82) is 0 Å². The van der Waals surface area contributed by atoms with Crippen LogP contribution in [0.1, 0.15) is 11.1 Å². The standard InChI is InChI=1S/C14H21NO2S/c1-10-4-13(16-2)14(17-3)5-12(10)9-18-8-11-6-15-7-11/h4-5,11,15H,6-9H2,1-3H3. The first-order valence-corrected chi connectivity index (χ1v) is 7.40. The Bertz CT molecular complexity index is 405. The Morgan fingerprint density at radius 3 is 2.44 bits per heavy atom. The molecule has 1 N–H and O–H groups in total. The second-order valence-electron chi connectivity index (χ2n) is 4.67. The molecule has 1 heterocycles. The van der Waals surface area contributed by atoms with E-state index in [4.69, 9.17) is 9.47 Å². The van der Waals surface area contributed by atoms with Gasteiger partial charge in [-0.3, -0.25) is 0 Å². The average molecular weight is 267 g/mol. The molecule has 1 aliphatic rings. The van der Waals surface area contributed by atoms with E-state index in [0.717, 1.165) is 23.2 Å². The van der Waals surface area contributed by atoms with Crippen molar-refractivity contribution in [1.82, 2.24) is 5.32 Å². The van der Waals surface area contributed by atoms with Crippen LogP contribution in [-0.4, -0.2) is 33.1 Å². The Balaban J connectivity index is 1.97. The molecule has 100 valence electrons. The predicted octanol–water partition coefficient (Wildman–Crippen LogP) is 2.46. The van der Waals surface area contributed by atoms with Crippen LogP contribution in [-0.2, 0) is 5.75 Å². The zero-order chi connectivity index (χ0) is 13.0. The van der Waals surface area contributed by atoms with Crippen molar-refractivity contribution in [3.63, 3.8) is 0 Å². The van der Waals surface area contributed by atoms with Gasteiger partial charge in [0.15, 0.2) is 11.5 Å². The second kappa shape index (κ2) is 6.34. The van der Waals surface area contributed by atoms with Crippen molar-refractivity contribution in [3.05, 3.63) is 23.3 Å². The maximum atomic E-state index is 5.35. The van der Waals surface area contributed by atoms with Crippen LogP contribution in [0.4, 0.5) is 0 Å². The Labute approximate surface area is 113 Å². The van der Waals surface area contributed by atoms with Crippen LogP contribution in [0.15, 0.2) is 12.1 Å². The van der Waals surface area contributed by atoms with Gasteiger partial charge in [0.05, 0.1) is 14.2 Å². The summed E-state index contributed by atoms with van der Waals surface area (Å²) in [5, 5.41) is 3.30. The van der Waals surface area contributed by atoms with Crippen molar-refractivity contribution >= 4 is 11.8 Å². The van der Waals surface area contributed by atoms with E-state index >= 15 is 0 Å². The molecule has 18 heavy (non-hydrogen) atoms. The van der Waals surface area contributed by atoms with Crippen molar-refractivity contribution in [3.8, 4) is 11.5 Å². The molecule has 3 nitrogen and oxygen atoms in total. The Morgan fingerprint density at radius 2 is 1.89 bits per heavy atom. The van der Waals surface area contributed by atoms with Crippen LogP contribution in [0, 0.1) is 12.8 Å². The average Bonchev–Trinajstić information content (AvgIpc) is 2.33. The molecular formula is C14H21NO2S. The number of rotatable bonds is 6. The highest BCUT2D eigenvalue weighted by atomic mass is 32.2. The molecule has 0 aliphatic carbocycles. The molecule has 2 rings (SSSR count). The fraction of sp³-hybridized carbons (Fsp3) is 0.571.